The van der Waals surface area contributed by atoms with E-state index in [2.05, 4.69) is 27.2 Å². The molecule has 2 heterocycles. The van der Waals surface area contributed by atoms with Crippen LogP contribution < -0.4 is 4.90 Å². The van der Waals surface area contributed by atoms with Crippen LogP contribution in [0, 0.1) is 0 Å². The van der Waals surface area contributed by atoms with Crippen LogP contribution in [0.25, 0.3) is 17.0 Å². The van der Waals surface area contributed by atoms with Crippen LogP contribution in [0.2, 0.25) is 0 Å². The molecule has 0 aliphatic heterocycles. The van der Waals surface area contributed by atoms with E-state index in [1.807, 2.05) is 60.7 Å². The van der Waals surface area contributed by atoms with Crippen LogP contribution >= 0.6 is 0 Å². The number of fused-ring (bicyclic) bond motifs is 1. The maximum absolute atomic E-state index is 10.4. The van der Waals surface area contributed by atoms with Gasteiger partial charge >= 0.3 is 0 Å². The average molecular weight is 373 g/mol. The van der Waals surface area contributed by atoms with Gasteiger partial charge in [0.05, 0.1) is 5.60 Å². The maximum Gasteiger partial charge on any atom is 0.185 e. The van der Waals surface area contributed by atoms with Crippen LogP contribution in [-0.2, 0) is 6.54 Å². The second-order valence-electron chi connectivity index (χ2n) is 7.51. The molecule has 6 heteroatoms. The lowest BCUT2D eigenvalue weighted by Gasteiger charge is -2.30. The van der Waals surface area contributed by atoms with Gasteiger partial charge < -0.3 is 10.0 Å². The highest BCUT2D eigenvalue weighted by Gasteiger charge is 2.21. The summed E-state index contributed by atoms with van der Waals surface area (Å²) in [4.78, 5) is 2.07. The van der Waals surface area contributed by atoms with Gasteiger partial charge in [0.25, 0.3) is 0 Å². The van der Waals surface area contributed by atoms with Crippen molar-refractivity contribution in [2.75, 3.05) is 11.4 Å². The van der Waals surface area contributed by atoms with Crippen LogP contribution in [0.5, 0.6) is 0 Å². The molecule has 0 saturated carbocycles. The Bertz CT molecular complexity index is 1050. The van der Waals surface area contributed by atoms with Gasteiger partial charge in [-0.1, -0.05) is 60.7 Å². The first-order valence-electron chi connectivity index (χ1n) is 9.29. The Morgan fingerprint density at radius 3 is 2.25 bits per heavy atom. The summed E-state index contributed by atoms with van der Waals surface area (Å²) >= 11 is 0. The Kier molecular flexibility index (Phi) is 4.79. The number of aromatic nitrogens is 4. The monoisotopic (exact) mass is 373 g/mol. The van der Waals surface area contributed by atoms with Gasteiger partial charge in [-0.25, -0.2) is 0 Å². The number of hydrogen-bond donors (Lipinski definition) is 1. The molecule has 4 aromatic rings. The molecular formula is C22H23N5O. The smallest absolute Gasteiger partial charge is 0.185 e. The fourth-order valence-electron chi connectivity index (χ4n) is 3.20. The summed E-state index contributed by atoms with van der Waals surface area (Å²) in [7, 11) is 0. The molecule has 0 bridgehead atoms. The largest absolute Gasteiger partial charge is 0.389 e. The van der Waals surface area contributed by atoms with E-state index in [0.717, 1.165) is 16.9 Å². The summed E-state index contributed by atoms with van der Waals surface area (Å²) in [6, 6.07) is 23.9. The highest BCUT2D eigenvalue weighted by atomic mass is 16.3. The molecule has 0 spiro atoms. The lowest BCUT2D eigenvalue weighted by molar-refractivity contribution is 0.0867. The van der Waals surface area contributed by atoms with Crippen molar-refractivity contribution in [3.05, 3.63) is 78.4 Å². The number of benzene rings is 2. The molecule has 0 aliphatic carbocycles. The van der Waals surface area contributed by atoms with Crippen molar-refractivity contribution in [1.82, 2.24) is 19.8 Å². The van der Waals surface area contributed by atoms with Gasteiger partial charge in [0.15, 0.2) is 11.5 Å². The lowest BCUT2D eigenvalue weighted by Crippen LogP contribution is -2.39. The number of rotatable bonds is 6. The standard InChI is InChI=1S/C22H23N5O/c1-22(2,28)16-26(15-17-9-5-3-6-10-17)20-14-13-19-23-24-21(27(19)25-20)18-11-7-4-8-12-18/h3-14,28H,15-16H2,1-2H3. The molecular weight excluding hydrogens is 350 g/mol. The molecule has 0 unspecified atom stereocenters. The van der Waals surface area contributed by atoms with Crippen molar-refractivity contribution in [2.45, 2.75) is 26.0 Å². The quantitative estimate of drug-likeness (QED) is 0.560. The summed E-state index contributed by atoms with van der Waals surface area (Å²) in [6.07, 6.45) is 0. The zero-order valence-corrected chi connectivity index (χ0v) is 16.0. The molecule has 0 fully saturated rings. The fourth-order valence-corrected chi connectivity index (χ4v) is 3.20. The maximum atomic E-state index is 10.4. The van der Waals surface area contributed by atoms with Crippen LogP contribution in [0.1, 0.15) is 19.4 Å². The molecule has 28 heavy (non-hydrogen) atoms. The molecule has 2 aromatic carbocycles. The molecule has 0 atom stereocenters. The summed E-state index contributed by atoms with van der Waals surface area (Å²) in [5, 5.41) is 23.8. The van der Waals surface area contributed by atoms with Gasteiger partial charge in [-0.3, -0.25) is 0 Å². The van der Waals surface area contributed by atoms with E-state index in [-0.39, 0.29) is 0 Å². The molecule has 2 aromatic heterocycles. The zero-order chi connectivity index (χ0) is 19.6. The minimum absolute atomic E-state index is 0.448. The van der Waals surface area contributed by atoms with Crippen molar-refractivity contribution in [2.24, 2.45) is 0 Å². The molecule has 0 saturated heterocycles. The first-order valence-corrected chi connectivity index (χ1v) is 9.29. The predicted molar refractivity (Wildman–Crippen MR) is 110 cm³/mol. The van der Waals surface area contributed by atoms with Crippen LogP contribution in [0.4, 0.5) is 5.82 Å². The minimum Gasteiger partial charge on any atom is -0.389 e. The van der Waals surface area contributed by atoms with Gasteiger partial charge in [-0.2, -0.15) is 4.52 Å². The summed E-state index contributed by atoms with van der Waals surface area (Å²) in [6.45, 7) is 4.70. The van der Waals surface area contributed by atoms with E-state index in [0.29, 0.717) is 24.6 Å². The number of anilines is 1. The van der Waals surface area contributed by atoms with Crippen LogP contribution in [-0.4, -0.2) is 37.1 Å². The normalized spacial score (nSPS) is 11.7. The Labute approximate surface area is 164 Å². The van der Waals surface area contributed by atoms with Crippen molar-refractivity contribution in [3.63, 3.8) is 0 Å². The van der Waals surface area contributed by atoms with Gasteiger partial charge in [0, 0.05) is 18.7 Å². The molecule has 142 valence electrons. The summed E-state index contributed by atoms with van der Waals surface area (Å²) in [5.41, 5.74) is 1.93. The third kappa shape index (κ3) is 4.02. The third-order valence-corrected chi connectivity index (χ3v) is 4.40. The first-order chi connectivity index (χ1) is 13.5. The molecule has 0 amide bonds. The van der Waals surface area contributed by atoms with E-state index in [1.165, 1.54) is 0 Å². The first kappa shape index (κ1) is 18.1. The molecule has 0 aliphatic rings. The Morgan fingerprint density at radius 2 is 1.57 bits per heavy atom. The summed E-state index contributed by atoms with van der Waals surface area (Å²) < 4.78 is 1.76. The molecule has 0 radical (unpaired) electrons. The topological polar surface area (TPSA) is 66.5 Å². The third-order valence-electron chi connectivity index (χ3n) is 4.40. The number of hydrogen-bond acceptors (Lipinski definition) is 5. The zero-order valence-electron chi connectivity index (χ0n) is 16.0. The van der Waals surface area contributed by atoms with Crippen LogP contribution in [0.15, 0.2) is 72.8 Å². The Morgan fingerprint density at radius 1 is 0.893 bits per heavy atom. The second kappa shape index (κ2) is 7.40. The van der Waals surface area contributed by atoms with E-state index in [4.69, 9.17) is 5.10 Å². The second-order valence-corrected chi connectivity index (χ2v) is 7.51. The van der Waals surface area contributed by atoms with E-state index in [1.54, 1.807) is 18.4 Å². The Balaban J connectivity index is 1.75. The number of aliphatic hydroxyl groups is 1. The fraction of sp³-hybridized carbons (Fsp3) is 0.227. The van der Waals surface area contributed by atoms with Crippen molar-refractivity contribution >= 4 is 11.5 Å². The van der Waals surface area contributed by atoms with Crippen molar-refractivity contribution in [3.8, 4) is 11.4 Å². The summed E-state index contributed by atoms with van der Waals surface area (Å²) in [5.74, 6) is 1.45. The van der Waals surface area contributed by atoms with Crippen molar-refractivity contribution in [1.29, 1.82) is 0 Å². The molecule has 4 rings (SSSR count). The molecule has 1 N–H and O–H groups in total. The van der Waals surface area contributed by atoms with Crippen molar-refractivity contribution < 1.29 is 5.11 Å². The van der Waals surface area contributed by atoms with Gasteiger partial charge in [-0.05, 0) is 31.5 Å². The van der Waals surface area contributed by atoms with Crippen LogP contribution in [0.3, 0.4) is 0 Å². The SMILES string of the molecule is CC(C)(O)CN(Cc1ccccc1)c1ccc2nnc(-c3ccccc3)n2n1. The van der Waals surface area contributed by atoms with E-state index in [9.17, 15) is 5.11 Å². The van der Waals surface area contributed by atoms with E-state index < -0.39 is 5.60 Å². The minimum atomic E-state index is -0.860. The van der Waals surface area contributed by atoms with Gasteiger partial charge in [0.1, 0.15) is 5.82 Å². The Hall–Kier alpha value is -3.25. The average Bonchev–Trinajstić information content (AvgIpc) is 3.11. The van der Waals surface area contributed by atoms with Gasteiger partial charge in [-0.15, -0.1) is 15.3 Å². The lowest BCUT2D eigenvalue weighted by atomic mass is 10.1. The highest BCUT2D eigenvalue weighted by Crippen LogP contribution is 2.22. The molecule has 6 nitrogen and oxygen atoms in total. The number of nitrogens with zero attached hydrogens (tertiary/aromatic N) is 5. The predicted octanol–water partition coefficient (Wildman–Crippen LogP) is 3.57. The van der Waals surface area contributed by atoms with E-state index >= 15 is 0 Å². The van der Waals surface area contributed by atoms with Gasteiger partial charge in [0.2, 0.25) is 0 Å². The highest BCUT2D eigenvalue weighted by molar-refractivity contribution is 5.59.